The van der Waals surface area contributed by atoms with Gasteiger partial charge in [0, 0.05) is 18.7 Å². The van der Waals surface area contributed by atoms with Gasteiger partial charge in [-0.3, -0.25) is 0 Å². The van der Waals surface area contributed by atoms with Crippen LogP contribution in [0.1, 0.15) is 37.8 Å². The highest BCUT2D eigenvalue weighted by Crippen LogP contribution is 2.15. The zero-order valence-electron chi connectivity index (χ0n) is 9.54. The number of rotatable bonds is 6. The number of hydrogen-bond acceptors (Lipinski definition) is 2. The molecule has 0 saturated carbocycles. The molecule has 0 aliphatic rings. The molecule has 1 N–H and O–H groups in total. The first-order valence-corrected chi connectivity index (χ1v) is 5.90. The first-order valence-electron chi connectivity index (χ1n) is 5.52. The molecule has 16 heavy (non-hydrogen) atoms. The third-order valence-corrected chi connectivity index (χ3v) is 2.66. The van der Waals surface area contributed by atoms with Crippen LogP contribution in [-0.4, -0.2) is 11.5 Å². The number of aromatic nitrogens is 1. The Kier molecular flexibility index (Phi) is 5.92. The van der Waals surface area contributed by atoms with Gasteiger partial charge in [-0.15, -0.1) is 12.3 Å². The molecule has 1 unspecified atom stereocenters. The van der Waals surface area contributed by atoms with Gasteiger partial charge in [0.1, 0.15) is 5.15 Å². The summed E-state index contributed by atoms with van der Waals surface area (Å²) in [6, 6.07) is 4.16. The molecule has 1 heterocycles. The van der Waals surface area contributed by atoms with Crippen molar-refractivity contribution >= 4 is 11.6 Å². The Morgan fingerprint density at radius 1 is 1.56 bits per heavy atom. The molecule has 2 nitrogen and oxygen atoms in total. The minimum Gasteiger partial charge on any atom is -0.310 e. The zero-order valence-corrected chi connectivity index (χ0v) is 10.3. The predicted molar refractivity (Wildman–Crippen MR) is 68.3 cm³/mol. The molecule has 3 heteroatoms. The summed E-state index contributed by atoms with van der Waals surface area (Å²) >= 11 is 5.83. The molecule has 0 aliphatic carbocycles. The van der Waals surface area contributed by atoms with E-state index in [4.69, 9.17) is 18.0 Å². The molecule has 0 bridgehead atoms. The quantitative estimate of drug-likeness (QED) is 0.466. The molecule has 0 aliphatic heterocycles. The van der Waals surface area contributed by atoms with Gasteiger partial charge in [-0.1, -0.05) is 11.6 Å². The van der Waals surface area contributed by atoms with E-state index >= 15 is 0 Å². The van der Waals surface area contributed by atoms with Crippen molar-refractivity contribution in [2.45, 2.75) is 32.2 Å². The Labute approximate surface area is 102 Å². The topological polar surface area (TPSA) is 24.9 Å². The van der Waals surface area contributed by atoms with Crippen LogP contribution in [0.5, 0.6) is 0 Å². The van der Waals surface area contributed by atoms with Crippen molar-refractivity contribution in [3.8, 4) is 12.3 Å². The van der Waals surface area contributed by atoms with Crippen molar-refractivity contribution in [3.05, 3.63) is 29.0 Å². The summed E-state index contributed by atoms with van der Waals surface area (Å²) < 4.78 is 0. The standard InChI is InChI=1S/C13H17ClN2/c1-3-4-5-6-8-15-11(2)12-7-9-16-13(14)10-12/h1,7,9-11,15H,4-6,8H2,2H3. The Morgan fingerprint density at radius 2 is 2.38 bits per heavy atom. The van der Waals surface area contributed by atoms with Crippen LogP contribution in [0.3, 0.4) is 0 Å². The van der Waals surface area contributed by atoms with Crippen LogP contribution in [0.4, 0.5) is 0 Å². The number of pyridine rings is 1. The molecule has 0 amide bonds. The maximum absolute atomic E-state index is 5.83. The van der Waals surface area contributed by atoms with E-state index in [0.717, 1.165) is 31.4 Å². The molecule has 1 rings (SSSR count). The summed E-state index contributed by atoms with van der Waals surface area (Å²) in [5, 5.41) is 3.97. The summed E-state index contributed by atoms with van der Waals surface area (Å²) in [5.74, 6) is 2.64. The average Bonchev–Trinajstić information content (AvgIpc) is 2.28. The fraction of sp³-hybridized carbons (Fsp3) is 0.462. The van der Waals surface area contributed by atoms with Gasteiger partial charge in [-0.05, 0) is 44.0 Å². The Bertz CT molecular complexity index is 357. The second-order valence-electron chi connectivity index (χ2n) is 3.75. The Balaban J connectivity index is 2.30. The largest absolute Gasteiger partial charge is 0.310 e. The molecule has 0 saturated heterocycles. The normalized spacial score (nSPS) is 12.1. The van der Waals surface area contributed by atoms with Gasteiger partial charge < -0.3 is 5.32 Å². The molecule has 0 spiro atoms. The predicted octanol–water partition coefficient (Wildman–Crippen LogP) is 3.19. The summed E-state index contributed by atoms with van der Waals surface area (Å²) in [7, 11) is 0. The number of halogens is 1. The van der Waals surface area contributed by atoms with Crippen LogP contribution in [0, 0.1) is 12.3 Å². The third kappa shape index (κ3) is 4.65. The van der Waals surface area contributed by atoms with Crippen molar-refractivity contribution in [1.29, 1.82) is 0 Å². The van der Waals surface area contributed by atoms with Crippen molar-refractivity contribution < 1.29 is 0 Å². The third-order valence-electron chi connectivity index (χ3n) is 2.45. The average molecular weight is 237 g/mol. The zero-order chi connectivity index (χ0) is 11.8. The van der Waals surface area contributed by atoms with E-state index in [0.29, 0.717) is 11.2 Å². The fourth-order valence-corrected chi connectivity index (χ4v) is 1.66. The molecule has 1 aromatic rings. The lowest BCUT2D eigenvalue weighted by Crippen LogP contribution is -2.19. The minimum absolute atomic E-state index is 0.298. The highest BCUT2D eigenvalue weighted by Gasteiger charge is 2.04. The number of hydrogen-bond donors (Lipinski definition) is 1. The van der Waals surface area contributed by atoms with Crippen molar-refractivity contribution in [3.63, 3.8) is 0 Å². The van der Waals surface area contributed by atoms with E-state index in [1.165, 1.54) is 0 Å². The summed E-state index contributed by atoms with van der Waals surface area (Å²) in [5.41, 5.74) is 1.16. The minimum atomic E-state index is 0.298. The molecule has 0 aromatic carbocycles. The van der Waals surface area contributed by atoms with E-state index in [-0.39, 0.29) is 0 Å². The van der Waals surface area contributed by atoms with Crippen molar-refractivity contribution in [2.24, 2.45) is 0 Å². The van der Waals surface area contributed by atoms with Crippen LogP contribution in [0.25, 0.3) is 0 Å². The van der Waals surface area contributed by atoms with Crippen LogP contribution in [0.15, 0.2) is 18.3 Å². The number of nitrogens with one attached hydrogen (secondary N) is 1. The first kappa shape index (κ1) is 13.0. The Morgan fingerprint density at radius 3 is 3.06 bits per heavy atom. The van der Waals surface area contributed by atoms with E-state index in [1.54, 1.807) is 6.20 Å². The van der Waals surface area contributed by atoms with Crippen LogP contribution in [0.2, 0.25) is 5.15 Å². The summed E-state index contributed by atoms with van der Waals surface area (Å²) in [6.45, 7) is 3.09. The molecule has 1 atom stereocenters. The Hall–Kier alpha value is -1.04. The molecule has 0 fully saturated rings. The van der Waals surface area contributed by atoms with Crippen molar-refractivity contribution in [1.82, 2.24) is 10.3 Å². The molecule has 86 valence electrons. The van der Waals surface area contributed by atoms with Gasteiger partial charge in [-0.25, -0.2) is 4.98 Å². The highest BCUT2D eigenvalue weighted by atomic mass is 35.5. The molecular formula is C13H17ClN2. The molecular weight excluding hydrogens is 220 g/mol. The SMILES string of the molecule is C#CCCCCNC(C)c1ccnc(Cl)c1. The van der Waals surface area contributed by atoms with Crippen LogP contribution >= 0.6 is 11.6 Å². The van der Waals surface area contributed by atoms with E-state index in [9.17, 15) is 0 Å². The van der Waals surface area contributed by atoms with E-state index < -0.39 is 0 Å². The number of unbranched alkanes of at least 4 members (excludes halogenated alkanes) is 2. The van der Waals surface area contributed by atoms with Gasteiger partial charge in [0.15, 0.2) is 0 Å². The van der Waals surface area contributed by atoms with Gasteiger partial charge in [-0.2, -0.15) is 0 Å². The van der Waals surface area contributed by atoms with Gasteiger partial charge >= 0.3 is 0 Å². The van der Waals surface area contributed by atoms with Gasteiger partial charge in [0.25, 0.3) is 0 Å². The van der Waals surface area contributed by atoms with E-state index in [1.807, 2.05) is 12.1 Å². The van der Waals surface area contributed by atoms with Gasteiger partial charge in [0.2, 0.25) is 0 Å². The highest BCUT2D eigenvalue weighted by molar-refractivity contribution is 6.29. The second-order valence-corrected chi connectivity index (χ2v) is 4.14. The monoisotopic (exact) mass is 236 g/mol. The van der Waals surface area contributed by atoms with E-state index in [2.05, 4.69) is 23.1 Å². The lowest BCUT2D eigenvalue weighted by Gasteiger charge is -2.13. The van der Waals surface area contributed by atoms with Crippen LogP contribution < -0.4 is 5.32 Å². The maximum Gasteiger partial charge on any atom is 0.129 e. The van der Waals surface area contributed by atoms with Crippen LogP contribution in [-0.2, 0) is 0 Å². The molecule has 1 aromatic heterocycles. The summed E-state index contributed by atoms with van der Waals surface area (Å²) in [4.78, 5) is 3.96. The second kappa shape index (κ2) is 7.27. The summed E-state index contributed by atoms with van der Waals surface area (Å²) in [6.07, 6.45) is 9.96. The molecule has 0 radical (unpaired) electrons. The smallest absolute Gasteiger partial charge is 0.129 e. The fourth-order valence-electron chi connectivity index (χ4n) is 1.48. The lowest BCUT2D eigenvalue weighted by atomic mass is 10.1. The number of nitrogens with zero attached hydrogens (tertiary/aromatic N) is 1. The first-order chi connectivity index (χ1) is 7.74. The lowest BCUT2D eigenvalue weighted by molar-refractivity contribution is 0.549. The maximum atomic E-state index is 5.83. The van der Waals surface area contributed by atoms with Gasteiger partial charge in [0.05, 0.1) is 0 Å². The number of terminal acetylenes is 1. The van der Waals surface area contributed by atoms with Crippen molar-refractivity contribution in [2.75, 3.05) is 6.54 Å².